The Kier molecular flexibility index (Phi) is 4.29. The van der Waals surface area contributed by atoms with Crippen LogP contribution in [0, 0.1) is 35.5 Å². The van der Waals surface area contributed by atoms with E-state index < -0.39 is 5.60 Å². The van der Waals surface area contributed by atoms with Crippen LogP contribution in [0.3, 0.4) is 0 Å². The molecule has 0 aromatic carbocycles. The van der Waals surface area contributed by atoms with E-state index in [1.165, 1.54) is 18.9 Å². The molecule has 0 radical (unpaired) electrons. The quantitative estimate of drug-likeness (QED) is 0.413. The van der Waals surface area contributed by atoms with Crippen molar-refractivity contribution in [3.8, 4) is 12.3 Å². The molecule has 0 aromatic rings. The number of terminal acetylenes is 1. The molecule has 5 atom stereocenters. The Balaban J connectivity index is 1.69. The smallest absolute Gasteiger partial charge is 0.304 e. The Labute approximate surface area is 156 Å². The summed E-state index contributed by atoms with van der Waals surface area (Å²) in [6.07, 6.45) is 15.7. The van der Waals surface area contributed by atoms with E-state index in [1.807, 2.05) is 0 Å². The molecule has 0 saturated heterocycles. The molecule has 26 heavy (non-hydrogen) atoms. The van der Waals surface area contributed by atoms with Gasteiger partial charge in [0.15, 0.2) is 5.60 Å². The van der Waals surface area contributed by atoms with Crippen LogP contribution in [0.4, 0.5) is 0 Å². The van der Waals surface area contributed by atoms with Crippen molar-refractivity contribution in [3.63, 3.8) is 0 Å². The number of esters is 1. The summed E-state index contributed by atoms with van der Waals surface area (Å²) in [5.74, 6) is 4.93. The van der Waals surface area contributed by atoms with E-state index in [-0.39, 0.29) is 11.4 Å². The highest BCUT2D eigenvalue weighted by Gasteiger charge is 2.65. The van der Waals surface area contributed by atoms with Crippen molar-refractivity contribution < 1.29 is 14.3 Å². The van der Waals surface area contributed by atoms with Crippen LogP contribution in [-0.4, -0.2) is 17.4 Å². The number of rotatable bonds is 2. The van der Waals surface area contributed by atoms with Gasteiger partial charge < -0.3 is 4.74 Å². The minimum atomic E-state index is -0.722. The van der Waals surface area contributed by atoms with Crippen molar-refractivity contribution >= 4 is 11.8 Å². The summed E-state index contributed by atoms with van der Waals surface area (Å²) in [6.45, 7) is 3.71. The number of hydrogen-bond acceptors (Lipinski definition) is 3. The summed E-state index contributed by atoms with van der Waals surface area (Å²) in [5, 5.41) is 0. The number of ether oxygens (including phenoxy) is 1. The third-order valence-electron chi connectivity index (χ3n) is 8.20. The summed E-state index contributed by atoms with van der Waals surface area (Å²) >= 11 is 0. The Hall–Kier alpha value is -1.56. The molecule has 0 aliphatic heterocycles. The molecule has 4 aliphatic carbocycles. The monoisotopic (exact) mass is 354 g/mol. The summed E-state index contributed by atoms with van der Waals surface area (Å²) in [4.78, 5) is 23.7. The molecule has 4 aliphatic rings. The second-order valence-electron chi connectivity index (χ2n) is 8.91. The molecule has 0 unspecified atom stereocenters. The van der Waals surface area contributed by atoms with Crippen molar-refractivity contribution in [1.82, 2.24) is 0 Å². The fourth-order valence-electron chi connectivity index (χ4n) is 7.23. The van der Waals surface area contributed by atoms with Gasteiger partial charge in [0.05, 0.1) is 0 Å². The summed E-state index contributed by atoms with van der Waals surface area (Å²) in [5.41, 5.74) is 2.27. The van der Waals surface area contributed by atoms with Crippen LogP contribution in [0.5, 0.6) is 0 Å². The molecule has 3 heteroatoms. The zero-order chi connectivity index (χ0) is 18.5. The lowest BCUT2D eigenvalue weighted by molar-refractivity contribution is -0.169. The van der Waals surface area contributed by atoms with Crippen LogP contribution in [0.25, 0.3) is 0 Å². The number of ketones is 1. The second kappa shape index (κ2) is 6.25. The molecular formula is C23H30O3. The largest absolute Gasteiger partial charge is 0.445 e. The molecular weight excluding hydrogens is 324 g/mol. The molecule has 0 spiro atoms. The molecule has 0 N–H and O–H groups in total. The van der Waals surface area contributed by atoms with E-state index in [0.717, 1.165) is 51.4 Å². The Morgan fingerprint density at radius 3 is 2.73 bits per heavy atom. The fraction of sp³-hybridized carbons (Fsp3) is 0.739. The van der Waals surface area contributed by atoms with Crippen molar-refractivity contribution in [2.24, 2.45) is 23.2 Å². The highest BCUT2D eigenvalue weighted by molar-refractivity contribution is 5.82. The van der Waals surface area contributed by atoms with Gasteiger partial charge in [-0.1, -0.05) is 24.0 Å². The minimum Gasteiger partial charge on any atom is -0.445 e. The lowest BCUT2D eigenvalue weighted by Gasteiger charge is -2.55. The molecule has 2 saturated carbocycles. The first-order valence-electron chi connectivity index (χ1n) is 10.4. The van der Waals surface area contributed by atoms with Crippen LogP contribution in [0.1, 0.15) is 78.1 Å². The zero-order valence-corrected chi connectivity index (χ0v) is 16.1. The predicted octanol–water partition coefficient (Wildman–Crippen LogP) is 4.60. The second-order valence-corrected chi connectivity index (χ2v) is 8.91. The van der Waals surface area contributed by atoms with Gasteiger partial charge in [0.25, 0.3) is 0 Å². The van der Waals surface area contributed by atoms with E-state index in [2.05, 4.69) is 12.8 Å². The van der Waals surface area contributed by atoms with Crippen LogP contribution in [-0.2, 0) is 14.3 Å². The molecule has 0 amide bonds. The Morgan fingerprint density at radius 2 is 2.04 bits per heavy atom. The van der Waals surface area contributed by atoms with E-state index in [4.69, 9.17) is 11.2 Å². The minimum absolute atomic E-state index is 0.0723. The van der Waals surface area contributed by atoms with Gasteiger partial charge in [-0.25, -0.2) is 0 Å². The van der Waals surface area contributed by atoms with E-state index >= 15 is 0 Å². The van der Waals surface area contributed by atoms with Crippen molar-refractivity contribution in [3.05, 3.63) is 11.1 Å². The summed E-state index contributed by atoms with van der Waals surface area (Å²) in [6, 6.07) is 0. The molecule has 140 valence electrons. The average Bonchev–Trinajstić information content (AvgIpc) is 2.95. The average molecular weight is 354 g/mol. The highest BCUT2D eigenvalue weighted by atomic mass is 16.6. The Morgan fingerprint density at radius 1 is 1.23 bits per heavy atom. The lowest BCUT2D eigenvalue weighted by atomic mass is 9.51. The summed E-state index contributed by atoms with van der Waals surface area (Å²) < 4.78 is 5.88. The predicted molar refractivity (Wildman–Crippen MR) is 100 cm³/mol. The van der Waals surface area contributed by atoms with Crippen LogP contribution >= 0.6 is 0 Å². The van der Waals surface area contributed by atoms with Crippen LogP contribution in [0.2, 0.25) is 0 Å². The normalized spacial score (nSPS) is 41.7. The Bertz CT molecular complexity index is 711. The number of allylic oxidation sites excluding steroid dienone is 2. The number of fused-ring (bicyclic) bond motifs is 4. The van der Waals surface area contributed by atoms with E-state index in [1.54, 1.807) is 5.57 Å². The highest BCUT2D eigenvalue weighted by Crippen LogP contribution is 2.66. The van der Waals surface area contributed by atoms with Gasteiger partial charge >= 0.3 is 5.97 Å². The first-order valence-corrected chi connectivity index (χ1v) is 10.4. The van der Waals surface area contributed by atoms with Crippen molar-refractivity contribution in [2.45, 2.75) is 83.7 Å². The van der Waals surface area contributed by atoms with Gasteiger partial charge in [-0.05, 0) is 69.1 Å². The number of carbonyl (C=O) groups excluding carboxylic acids is 2. The molecule has 0 bridgehead atoms. The van der Waals surface area contributed by atoms with Gasteiger partial charge in [0.1, 0.15) is 5.78 Å². The van der Waals surface area contributed by atoms with Crippen LogP contribution in [0.15, 0.2) is 11.1 Å². The van der Waals surface area contributed by atoms with Crippen molar-refractivity contribution in [2.75, 3.05) is 0 Å². The maximum absolute atomic E-state index is 11.9. The first-order chi connectivity index (χ1) is 12.5. The number of carbonyl (C=O) groups is 2. The SMILES string of the molecule is C#C[C@]1(OC(C)=O)CC[C@H]2[C@@H]3CCC4=C(CCC(=O)C4)[C@H]3CC[C@@]21CC. The lowest BCUT2D eigenvalue weighted by Crippen LogP contribution is -2.54. The third kappa shape index (κ3) is 2.34. The maximum atomic E-state index is 11.9. The molecule has 3 nitrogen and oxygen atoms in total. The molecule has 0 heterocycles. The van der Waals surface area contributed by atoms with Gasteiger partial charge in [0.2, 0.25) is 0 Å². The van der Waals surface area contributed by atoms with Crippen molar-refractivity contribution in [1.29, 1.82) is 0 Å². The van der Waals surface area contributed by atoms with E-state index in [0.29, 0.717) is 30.0 Å². The topological polar surface area (TPSA) is 43.4 Å². The maximum Gasteiger partial charge on any atom is 0.304 e. The standard InChI is InChI=1S/C23H30O3/c1-4-22-12-10-19-18-9-7-17(25)14-16(18)6-8-20(19)21(22)11-13-23(22,5-2)26-15(3)24/h2,19-21H,4,6-14H2,1,3H3/t19-,20-,21+,22+,23+/m1/s1. The third-order valence-corrected chi connectivity index (χ3v) is 8.20. The van der Waals surface area contributed by atoms with Gasteiger partial charge in [-0.15, -0.1) is 6.42 Å². The van der Waals surface area contributed by atoms with Gasteiger partial charge in [0, 0.05) is 25.2 Å². The van der Waals surface area contributed by atoms with Gasteiger partial charge in [-0.2, -0.15) is 0 Å². The first kappa shape index (κ1) is 17.8. The van der Waals surface area contributed by atoms with E-state index in [9.17, 15) is 9.59 Å². The number of hydrogen-bond donors (Lipinski definition) is 0. The fourth-order valence-corrected chi connectivity index (χ4v) is 7.23. The molecule has 0 aromatic heterocycles. The molecule has 2 fully saturated rings. The zero-order valence-electron chi connectivity index (χ0n) is 16.1. The van der Waals surface area contributed by atoms with Gasteiger partial charge in [-0.3, -0.25) is 9.59 Å². The van der Waals surface area contributed by atoms with Crippen LogP contribution < -0.4 is 0 Å². The molecule has 4 rings (SSSR count). The number of Topliss-reactive ketones (excluding diaryl/α,β-unsaturated/α-hetero) is 1. The summed E-state index contributed by atoms with van der Waals surface area (Å²) in [7, 11) is 0.